The fraction of sp³-hybridized carbons (Fsp3) is 0.750. The Hall–Kier alpha value is -1.11. The summed E-state index contributed by atoms with van der Waals surface area (Å²) in [6.07, 6.45) is -4.57. The van der Waals surface area contributed by atoms with E-state index in [-0.39, 0.29) is 25.4 Å². The van der Waals surface area contributed by atoms with Gasteiger partial charge in [0.15, 0.2) is 0 Å². The molecule has 0 rings (SSSR count). The van der Waals surface area contributed by atoms with Gasteiger partial charge >= 0.3 is 6.18 Å². The summed E-state index contributed by atoms with van der Waals surface area (Å²) in [7, 11) is 0. The molecule has 7 heteroatoms. The molecule has 0 aliphatic rings. The van der Waals surface area contributed by atoms with Crippen LogP contribution in [0.2, 0.25) is 0 Å². The zero-order valence-corrected chi connectivity index (χ0v) is 8.19. The van der Waals surface area contributed by atoms with Gasteiger partial charge in [-0.15, -0.1) is 0 Å². The van der Waals surface area contributed by atoms with Gasteiger partial charge in [-0.25, -0.2) is 0 Å². The third-order valence-electron chi connectivity index (χ3n) is 1.27. The van der Waals surface area contributed by atoms with E-state index in [0.717, 1.165) is 0 Å². The second-order valence-electron chi connectivity index (χ2n) is 2.90. The summed E-state index contributed by atoms with van der Waals surface area (Å²) in [5.74, 6) is -0.730. The Kier molecular flexibility index (Phi) is 5.92. The van der Waals surface area contributed by atoms with Crippen molar-refractivity contribution in [3.63, 3.8) is 0 Å². The van der Waals surface area contributed by atoms with Crippen molar-refractivity contribution >= 4 is 11.7 Å². The number of nitrogens with one attached hydrogen (secondary N) is 1. The number of rotatable bonds is 6. The van der Waals surface area contributed by atoms with Gasteiger partial charge < -0.3 is 10.1 Å². The van der Waals surface area contributed by atoms with Crippen LogP contribution in [-0.4, -0.2) is 37.6 Å². The molecule has 0 spiro atoms. The van der Waals surface area contributed by atoms with Crippen LogP contribution >= 0.6 is 0 Å². The van der Waals surface area contributed by atoms with E-state index in [1.165, 1.54) is 6.92 Å². The molecule has 0 aromatic rings. The Bertz CT molecular complexity index is 228. The van der Waals surface area contributed by atoms with E-state index in [0.29, 0.717) is 0 Å². The molecule has 0 unspecified atom stereocenters. The van der Waals surface area contributed by atoms with Crippen molar-refractivity contribution in [2.75, 3.05) is 19.8 Å². The number of ketones is 1. The van der Waals surface area contributed by atoms with Gasteiger partial charge in [-0.05, 0) is 6.92 Å². The second-order valence-corrected chi connectivity index (χ2v) is 2.90. The highest BCUT2D eigenvalue weighted by molar-refractivity contribution is 5.84. The molecule has 0 aliphatic carbocycles. The van der Waals surface area contributed by atoms with E-state index in [9.17, 15) is 22.8 Å². The Morgan fingerprint density at radius 2 is 1.93 bits per heavy atom. The summed E-state index contributed by atoms with van der Waals surface area (Å²) < 4.78 is 38.9. The summed E-state index contributed by atoms with van der Waals surface area (Å²) in [6, 6.07) is 0. The fourth-order valence-corrected chi connectivity index (χ4v) is 0.664. The van der Waals surface area contributed by atoms with Crippen LogP contribution in [0.5, 0.6) is 0 Å². The molecule has 0 radical (unpaired) electrons. The van der Waals surface area contributed by atoms with Crippen molar-refractivity contribution in [1.29, 1.82) is 0 Å². The predicted molar refractivity (Wildman–Crippen MR) is 45.2 cm³/mol. The summed E-state index contributed by atoms with van der Waals surface area (Å²) in [5.41, 5.74) is 0. The fourth-order valence-electron chi connectivity index (χ4n) is 0.664. The van der Waals surface area contributed by atoms with E-state index in [4.69, 9.17) is 0 Å². The van der Waals surface area contributed by atoms with Crippen molar-refractivity contribution in [1.82, 2.24) is 5.32 Å². The van der Waals surface area contributed by atoms with Gasteiger partial charge in [0.05, 0.1) is 13.2 Å². The molecule has 4 nitrogen and oxygen atoms in total. The first-order valence-electron chi connectivity index (χ1n) is 4.22. The minimum absolute atomic E-state index is 0.113. The van der Waals surface area contributed by atoms with Gasteiger partial charge in [-0.3, -0.25) is 9.59 Å². The number of Topliss-reactive ketones (excluding diaryl/α,β-unsaturated/α-hetero) is 1. The molecule has 0 bridgehead atoms. The Balaban J connectivity index is 3.44. The Labute approximate surface area is 84.8 Å². The van der Waals surface area contributed by atoms with E-state index in [2.05, 4.69) is 10.1 Å². The monoisotopic (exact) mass is 227 g/mol. The number of hydrogen-bond acceptors (Lipinski definition) is 3. The maximum atomic E-state index is 11.6. The zero-order chi connectivity index (χ0) is 11.9. The summed E-state index contributed by atoms with van der Waals surface area (Å²) >= 11 is 0. The normalized spacial score (nSPS) is 11.2. The van der Waals surface area contributed by atoms with Crippen LogP contribution in [-0.2, 0) is 14.3 Å². The lowest BCUT2D eigenvalue weighted by Gasteiger charge is -2.07. The number of halogens is 3. The van der Waals surface area contributed by atoms with Gasteiger partial charge in [0.25, 0.3) is 0 Å². The smallest absolute Gasteiger partial charge is 0.372 e. The first kappa shape index (κ1) is 13.9. The van der Waals surface area contributed by atoms with Gasteiger partial charge in [-0.1, -0.05) is 0 Å². The van der Waals surface area contributed by atoms with Crippen molar-refractivity contribution < 1.29 is 27.5 Å². The lowest BCUT2D eigenvalue weighted by atomic mass is 10.4. The number of ether oxygens (including phenoxy) is 1. The molecule has 0 aromatic heterocycles. The minimum atomic E-state index is -4.38. The molecule has 15 heavy (non-hydrogen) atoms. The van der Waals surface area contributed by atoms with Crippen LogP contribution in [0.3, 0.4) is 0 Å². The summed E-state index contributed by atoms with van der Waals surface area (Å²) in [5, 5.41) is 2.23. The van der Waals surface area contributed by atoms with Gasteiger partial charge in [0.2, 0.25) is 5.91 Å². The summed E-state index contributed by atoms with van der Waals surface area (Å²) in [6.45, 7) is -0.505. The molecule has 0 aliphatic heterocycles. The van der Waals surface area contributed by atoms with Crippen molar-refractivity contribution in [3.05, 3.63) is 0 Å². The summed E-state index contributed by atoms with van der Waals surface area (Å²) in [4.78, 5) is 21.3. The average Bonchev–Trinajstić information content (AvgIpc) is 2.07. The first-order chi connectivity index (χ1) is 6.81. The Morgan fingerprint density at radius 1 is 1.33 bits per heavy atom. The maximum Gasteiger partial charge on any atom is 0.411 e. The SMILES string of the molecule is CC(=O)CNC(=O)CCOCC(F)(F)F. The predicted octanol–water partition coefficient (Wildman–Crippen LogP) is 0.661. The molecule has 0 saturated carbocycles. The lowest BCUT2D eigenvalue weighted by Crippen LogP contribution is -2.29. The highest BCUT2D eigenvalue weighted by Gasteiger charge is 2.27. The van der Waals surface area contributed by atoms with Crippen LogP contribution in [0.4, 0.5) is 13.2 Å². The van der Waals surface area contributed by atoms with Crippen molar-refractivity contribution in [2.45, 2.75) is 19.5 Å². The molecule has 1 amide bonds. The highest BCUT2D eigenvalue weighted by Crippen LogP contribution is 2.14. The standard InChI is InChI=1S/C8H12F3NO3/c1-6(13)4-12-7(14)2-3-15-5-8(9,10)11/h2-5H2,1H3,(H,12,14). The number of hydrogen-bond donors (Lipinski definition) is 1. The molecular formula is C8H12F3NO3. The third-order valence-corrected chi connectivity index (χ3v) is 1.27. The van der Waals surface area contributed by atoms with Crippen LogP contribution in [0.25, 0.3) is 0 Å². The molecule has 0 saturated heterocycles. The van der Waals surface area contributed by atoms with E-state index >= 15 is 0 Å². The van der Waals surface area contributed by atoms with E-state index < -0.39 is 18.7 Å². The van der Waals surface area contributed by atoms with Crippen LogP contribution in [0, 0.1) is 0 Å². The molecule has 88 valence electrons. The highest BCUT2D eigenvalue weighted by atomic mass is 19.4. The zero-order valence-electron chi connectivity index (χ0n) is 8.19. The van der Waals surface area contributed by atoms with Gasteiger partial charge in [0.1, 0.15) is 12.4 Å². The van der Waals surface area contributed by atoms with E-state index in [1.807, 2.05) is 0 Å². The Morgan fingerprint density at radius 3 is 2.40 bits per heavy atom. The van der Waals surface area contributed by atoms with Crippen LogP contribution in [0.1, 0.15) is 13.3 Å². The molecule has 1 N–H and O–H groups in total. The largest absolute Gasteiger partial charge is 0.411 e. The molecule has 0 heterocycles. The number of carbonyl (C=O) groups excluding carboxylic acids is 2. The quantitative estimate of drug-likeness (QED) is 0.678. The maximum absolute atomic E-state index is 11.6. The molecule has 0 fully saturated rings. The number of carbonyl (C=O) groups is 2. The van der Waals surface area contributed by atoms with Gasteiger partial charge in [-0.2, -0.15) is 13.2 Å². The van der Waals surface area contributed by atoms with Crippen molar-refractivity contribution in [2.24, 2.45) is 0 Å². The average molecular weight is 227 g/mol. The number of alkyl halides is 3. The van der Waals surface area contributed by atoms with E-state index in [1.54, 1.807) is 0 Å². The molecule has 0 aromatic carbocycles. The number of amides is 1. The first-order valence-corrected chi connectivity index (χ1v) is 4.22. The lowest BCUT2D eigenvalue weighted by molar-refractivity contribution is -0.174. The molecule has 0 atom stereocenters. The van der Waals surface area contributed by atoms with Crippen LogP contribution in [0.15, 0.2) is 0 Å². The molecular weight excluding hydrogens is 215 g/mol. The van der Waals surface area contributed by atoms with Crippen LogP contribution < -0.4 is 5.32 Å². The minimum Gasteiger partial charge on any atom is -0.372 e. The van der Waals surface area contributed by atoms with Crippen molar-refractivity contribution in [3.8, 4) is 0 Å². The van der Waals surface area contributed by atoms with Gasteiger partial charge in [0, 0.05) is 6.42 Å². The third kappa shape index (κ3) is 10.8. The second kappa shape index (κ2) is 6.39. The topological polar surface area (TPSA) is 55.4 Å².